The number of hydrogen-bond acceptors (Lipinski definition) is 7. The molecule has 0 radical (unpaired) electrons. The molecule has 0 aromatic carbocycles. The highest BCUT2D eigenvalue weighted by atomic mass is 16.5. The van der Waals surface area contributed by atoms with Crippen LogP contribution in [0, 0.1) is 17.8 Å². The lowest BCUT2D eigenvalue weighted by Gasteiger charge is -2.39. The van der Waals surface area contributed by atoms with E-state index in [1.165, 1.54) is 4.90 Å². The molecule has 1 N–H and O–H groups in total. The summed E-state index contributed by atoms with van der Waals surface area (Å²) in [6, 6.07) is -0.909. The second-order valence-corrected chi connectivity index (χ2v) is 11.6. The Balaban J connectivity index is 1.69. The van der Waals surface area contributed by atoms with Crippen LogP contribution in [-0.4, -0.2) is 132 Å². The van der Waals surface area contributed by atoms with Gasteiger partial charge in [0, 0.05) is 52.4 Å². The molecule has 4 rings (SSSR count). The molecule has 218 valence electrons. The fraction of sp³-hybridized carbons (Fsp3) is 0.759. The Hall–Kier alpha value is -2.27. The molecule has 4 heterocycles. The highest BCUT2D eigenvalue weighted by Gasteiger charge is 2.80. The van der Waals surface area contributed by atoms with Crippen molar-refractivity contribution in [1.82, 2.24) is 19.6 Å². The van der Waals surface area contributed by atoms with Gasteiger partial charge in [0.15, 0.2) is 0 Å². The molecule has 10 nitrogen and oxygen atoms in total. The van der Waals surface area contributed by atoms with Crippen molar-refractivity contribution in [2.75, 3.05) is 72.2 Å². The Labute approximate surface area is 232 Å². The SMILES string of the molecule is C=CCN(CCN1CCOCC1)C(=O)C1N(CCO)C(=O)[C@@H]2[C@H](C(=O)N(CC=C)CCC)[C@@]3(C)OC12CC3C. The minimum atomic E-state index is -1.12. The van der Waals surface area contributed by atoms with Crippen molar-refractivity contribution in [1.29, 1.82) is 0 Å². The third-order valence-electron chi connectivity index (χ3n) is 9.26. The third-order valence-corrected chi connectivity index (χ3v) is 9.26. The van der Waals surface area contributed by atoms with E-state index in [-0.39, 0.29) is 36.8 Å². The molecule has 4 aliphatic rings. The molecule has 39 heavy (non-hydrogen) atoms. The molecule has 0 aromatic rings. The van der Waals surface area contributed by atoms with Crippen LogP contribution in [-0.2, 0) is 23.9 Å². The minimum absolute atomic E-state index is 0.0135. The number of likely N-dealkylation sites (tertiary alicyclic amines) is 1. The number of hydrogen-bond donors (Lipinski definition) is 1. The lowest BCUT2D eigenvalue weighted by molar-refractivity contribution is -0.155. The average Bonchev–Trinajstić information content (AvgIpc) is 3.43. The molecule has 4 fully saturated rings. The zero-order valence-electron chi connectivity index (χ0n) is 23.8. The summed E-state index contributed by atoms with van der Waals surface area (Å²) in [5.74, 6) is -2.14. The standard InChI is InChI=1S/C29H46N4O6/c1-6-9-31(10-7-2)25(35)22-23-26(36)33(14-17-34)24(29(23)20-21(4)28(22,5)39-29)27(37)32(11-8-3)13-12-30-15-18-38-19-16-30/h6,8,21-24,34H,1,3,7,9-20H2,2,4-5H3/t21?,22-,23+,24?,28+,29?/m1/s1. The van der Waals surface area contributed by atoms with Crippen LogP contribution in [0.5, 0.6) is 0 Å². The Morgan fingerprint density at radius 3 is 2.33 bits per heavy atom. The number of fused-ring (bicyclic) bond motifs is 1. The van der Waals surface area contributed by atoms with Crippen molar-refractivity contribution < 1.29 is 29.0 Å². The van der Waals surface area contributed by atoms with Gasteiger partial charge in [-0.15, -0.1) is 13.2 Å². The first-order chi connectivity index (χ1) is 18.7. The summed E-state index contributed by atoms with van der Waals surface area (Å²) in [4.78, 5) is 49.7. The van der Waals surface area contributed by atoms with Crippen LogP contribution in [0.3, 0.4) is 0 Å². The maximum absolute atomic E-state index is 14.4. The van der Waals surface area contributed by atoms with Crippen LogP contribution in [0.2, 0.25) is 0 Å². The molecule has 4 aliphatic heterocycles. The van der Waals surface area contributed by atoms with E-state index in [1.54, 1.807) is 22.0 Å². The number of amides is 3. The molecular formula is C29H46N4O6. The quantitative estimate of drug-likeness (QED) is 0.340. The molecule has 6 atom stereocenters. The predicted molar refractivity (Wildman–Crippen MR) is 147 cm³/mol. The fourth-order valence-electron chi connectivity index (χ4n) is 7.36. The second kappa shape index (κ2) is 12.1. The van der Waals surface area contributed by atoms with Crippen LogP contribution < -0.4 is 0 Å². The van der Waals surface area contributed by atoms with Crippen molar-refractivity contribution in [2.45, 2.75) is 50.9 Å². The number of ether oxygens (including phenoxy) is 2. The van der Waals surface area contributed by atoms with E-state index >= 15 is 0 Å². The van der Waals surface area contributed by atoms with Crippen LogP contribution in [0.15, 0.2) is 25.3 Å². The first-order valence-corrected chi connectivity index (χ1v) is 14.4. The normalized spacial score (nSPS) is 33.7. The van der Waals surface area contributed by atoms with Gasteiger partial charge >= 0.3 is 0 Å². The number of β-amino-alcohol motifs (C(OH)–C–C–N with tert-alkyl or cyclic N) is 1. The molecule has 10 heteroatoms. The smallest absolute Gasteiger partial charge is 0.248 e. The highest BCUT2D eigenvalue weighted by molar-refractivity contribution is 5.99. The van der Waals surface area contributed by atoms with Gasteiger partial charge in [0.1, 0.15) is 11.6 Å². The second-order valence-electron chi connectivity index (χ2n) is 11.6. The zero-order chi connectivity index (χ0) is 28.4. The van der Waals surface area contributed by atoms with Gasteiger partial charge in [-0.1, -0.05) is 26.0 Å². The van der Waals surface area contributed by atoms with Gasteiger partial charge in [-0.3, -0.25) is 19.3 Å². The van der Waals surface area contributed by atoms with Crippen molar-refractivity contribution in [3.05, 3.63) is 25.3 Å². The predicted octanol–water partition coefficient (Wildman–Crippen LogP) is 0.761. The lowest BCUT2D eigenvalue weighted by atomic mass is 9.62. The molecular weight excluding hydrogens is 500 g/mol. The number of carbonyl (C=O) groups excluding carboxylic acids is 3. The van der Waals surface area contributed by atoms with Crippen LogP contribution in [0.25, 0.3) is 0 Å². The molecule has 4 saturated heterocycles. The highest BCUT2D eigenvalue weighted by Crippen LogP contribution is 2.65. The number of aliphatic hydroxyl groups excluding tert-OH is 1. The molecule has 3 amide bonds. The van der Waals surface area contributed by atoms with E-state index < -0.39 is 29.1 Å². The monoisotopic (exact) mass is 546 g/mol. The summed E-state index contributed by atoms with van der Waals surface area (Å²) in [5.41, 5.74) is -1.99. The maximum atomic E-state index is 14.4. The number of aliphatic hydroxyl groups is 1. The van der Waals surface area contributed by atoms with Gasteiger partial charge in [-0.25, -0.2) is 0 Å². The topological polar surface area (TPSA) is 103 Å². The molecule has 1 spiro atoms. The summed E-state index contributed by atoms with van der Waals surface area (Å²) >= 11 is 0. The average molecular weight is 547 g/mol. The molecule has 0 aliphatic carbocycles. The largest absolute Gasteiger partial charge is 0.395 e. The lowest BCUT2D eigenvalue weighted by Crippen LogP contribution is -2.58. The molecule has 3 unspecified atom stereocenters. The van der Waals surface area contributed by atoms with Gasteiger partial charge in [0.05, 0.1) is 37.3 Å². The summed E-state index contributed by atoms with van der Waals surface area (Å²) < 4.78 is 12.3. The number of rotatable bonds is 13. The van der Waals surface area contributed by atoms with E-state index in [0.29, 0.717) is 52.4 Å². The third kappa shape index (κ3) is 5.05. The number of carbonyl (C=O) groups is 3. The van der Waals surface area contributed by atoms with Gasteiger partial charge in [-0.2, -0.15) is 0 Å². The van der Waals surface area contributed by atoms with E-state index in [2.05, 4.69) is 18.1 Å². The number of nitrogens with zero attached hydrogens (tertiary/aromatic N) is 4. The van der Waals surface area contributed by atoms with E-state index in [4.69, 9.17) is 9.47 Å². The van der Waals surface area contributed by atoms with Gasteiger partial charge in [-0.05, 0) is 25.7 Å². The summed E-state index contributed by atoms with van der Waals surface area (Å²) in [5, 5.41) is 9.92. The van der Waals surface area contributed by atoms with Crippen LogP contribution >= 0.6 is 0 Å². The maximum Gasteiger partial charge on any atom is 0.248 e. The first kappa shape index (κ1) is 29.7. The van der Waals surface area contributed by atoms with Gasteiger partial charge < -0.3 is 29.3 Å². The van der Waals surface area contributed by atoms with E-state index in [1.807, 2.05) is 20.8 Å². The van der Waals surface area contributed by atoms with Crippen molar-refractivity contribution in [2.24, 2.45) is 17.8 Å². The zero-order valence-corrected chi connectivity index (χ0v) is 23.8. The minimum Gasteiger partial charge on any atom is -0.395 e. The van der Waals surface area contributed by atoms with E-state index in [0.717, 1.165) is 19.5 Å². The van der Waals surface area contributed by atoms with Crippen molar-refractivity contribution in [3.63, 3.8) is 0 Å². The van der Waals surface area contributed by atoms with Crippen LogP contribution in [0.4, 0.5) is 0 Å². The molecule has 2 bridgehead atoms. The number of morpholine rings is 1. The van der Waals surface area contributed by atoms with Crippen LogP contribution in [0.1, 0.15) is 33.6 Å². The van der Waals surface area contributed by atoms with Crippen molar-refractivity contribution in [3.8, 4) is 0 Å². The summed E-state index contributed by atoms with van der Waals surface area (Å²) in [6.45, 7) is 18.8. The molecule has 0 saturated carbocycles. The Morgan fingerprint density at radius 2 is 1.74 bits per heavy atom. The van der Waals surface area contributed by atoms with Crippen molar-refractivity contribution >= 4 is 17.7 Å². The Bertz CT molecular complexity index is 954. The van der Waals surface area contributed by atoms with Gasteiger partial charge in [0.2, 0.25) is 17.7 Å². The summed E-state index contributed by atoms with van der Waals surface area (Å²) in [6.07, 6.45) is 4.68. The fourth-order valence-corrected chi connectivity index (χ4v) is 7.36. The van der Waals surface area contributed by atoms with E-state index in [9.17, 15) is 19.5 Å². The summed E-state index contributed by atoms with van der Waals surface area (Å²) in [7, 11) is 0. The van der Waals surface area contributed by atoms with Gasteiger partial charge in [0.25, 0.3) is 0 Å². The first-order valence-electron chi connectivity index (χ1n) is 14.4. The Morgan fingerprint density at radius 1 is 1.10 bits per heavy atom. The Kier molecular flexibility index (Phi) is 9.20. The molecule has 0 aromatic heterocycles.